The van der Waals surface area contributed by atoms with Crippen LogP contribution in [0.3, 0.4) is 0 Å². The molecule has 0 unspecified atom stereocenters. The van der Waals surface area contributed by atoms with Gasteiger partial charge in [0.1, 0.15) is 0 Å². The molecule has 0 atom stereocenters. The number of rotatable bonds is 0. The third kappa shape index (κ3) is 787. The maximum absolute atomic E-state index is 0. The summed E-state index contributed by atoms with van der Waals surface area (Å²) in [7, 11) is 0. The fourth-order valence-corrected chi connectivity index (χ4v) is 0. The Morgan fingerprint density at radius 3 is 0.286 bits per heavy atom. The van der Waals surface area contributed by atoms with Gasteiger partial charge in [-0.3, -0.25) is 0 Å². The predicted molar refractivity (Wildman–Crippen MR) is 21.7 cm³/mol. The Morgan fingerprint density at radius 1 is 0.286 bits per heavy atom. The van der Waals surface area contributed by atoms with Gasteiger partial charge in [0.15, 0.2) is 0 Å². The van der Waals surface area contributed by atoms with Crippen LogP contribution >= 0.6 is 0 Å². The minimum Gasteiger partial charge on any atom is -0.412 e. The van der Waals surface area contributed by atoms with Crippen LogP contribution in [0.1, 0.15) is 0 Å². The molecule has 0 bridgehead atoms. The van der Waals surface area contributed by atoms with Gasteiger partial charge >= 0.3 is 0 Å². The first kappa shape index (κ1) is 1930. The quantitative estimate of drug-likeness (QED) is 0.414. The molecule has 0 aliphatic heterocycles. The molecular formula is H12O6Os. The van der Waals surface area contributed by atoms with Crippen molar-refractivity contribution in [2.45, 2.75) is 0 Å². The Balaban J connectivity index is 0. The van der Waals surface area contributed by atoms with Crippen molar-refractivity contribution in [1.82, 2.24) is 0 Å². The standard InChI is InChI=1S/6H2O.Os/h6*1H2;. The number of hydrogen-bond acceptors (Lipinski definition) is 0. The van der Waals surface area contributed by atoms with Gasteiger partial charge < -0.3 is 32.9 Å². The summed E-state index contributed by atoms with van der Waals surface area (Å²) >= 11 is 0. The molecule has 7 heavy (non-hydrogen) atoms. The summed E-state index contributed by atoms with van der Waals surface area (Å²) in [5.41, 5.74) is 0. The number of hydrogen-bond donors (Lipinski definition) is 0. The molecule has 12 N–H and O–H groups in total. The first-order chi connectivity index (χ1) is 0. The van der Waals surface area contributed by atoms with E-state index in [1.807, 2.05) is 0 Å². The first-order valence-electron chi connectivity index (χ1n) is 0. The molecule has 0 heterocycles. The fourth-order valence-electron chi connectivity index (χ4n) is 0. The molecule has 0 saturated heterocycles. The largest absolute Gasteiger partial charge is 0.412 e. The Labute approximate surface area is 53.4 Å². The Kier molecular flexibility index (Phi) is 326000. The minimum absolute atomic E-state index is 0. The smallest absolute Gasteiger partial charge is 0 e. The van der Waals surface area contributed by atoms with Gasteiger partial charge in [-0.2, -0.15) is 0 Å². The van der Waals surface area contributed by atoms with Gasteiger partial charge in [-0.1, -0.05) is 0 Å². The van der Waals surface area contributed by atoms with Gasteiger partial charge in [-0.25, -0.2) is 0 Å². The summed E-state index contributed by atoms with van der Waals surface area (Å²) in [4.78, 5) is 0. The maximum atomic E-state index is 0. The van der Waals surface area contributed by atoms with Crippen molar-refractivity contribution >= 4 is 0 Å². The summed E-state index contributed by atoms with van der Waals surface area (Å²) in [5.74, 6) is 0. The second kappa shape index (κ2) is 1190. The van der Waals surface area contributed by atoms with E-state index in [9.17, 15) is 0 Å². The van der Waals surface area contributed by atoms with Crippen LogP contribution < -0.4 is 0 Å². The Hall–Kier alpha value is 0.396. The molecule has 0 aliphatic rings. The van der Waals surface area contributed by atoms with E-state index in [4.69, 9.17) is 0 Å². The van der Waals surface area contributed by atoms with E-state index in [0.29, 0.717) is 0 Å². The summed E-state index contributed by atoms with van der Waals surface area (Å²) < 4.78 is 0. The van der Waals surface area contributed by atoms with Crippen LogP contribution in [0.15, 0.2) is 0 Å². The topological polar surface area (TPSA) is 189 Å². The average molecular weight is 298 g/mol. The molecule has 0 aliphatic carbocycles. The van der Waals surface area contributed by atoms with E-state index >= 15 is 0 Å². The van der Waals surface area contributed by atoms with Gasteiger partial charge in [0.2, 0.25) is 0 Å². The van der Waals surface area contributed by atoms with Gasteiger partial charge in [-0.05, 0) is 0 Å². The van der Waals surface area contributed by atoms with Crippen LogP contribution in [-0.2, 0) is 19.8 Å². The van der Waals surface area contributed by atoms with Gasteiger partial charge in [0.25, 0.3) is 0 Å². The van der Waals surface area contributed by atoms with Gasteiger partial charge in [0, 0.05) is 19.8 Å². The molecule has 0 amide bonds. The molecule has 56 valence electrons. The van der Waals surface area contributed by atoms with Gasteiger partial charge in [-0.15, -0.1) is 0 Å². The fraction of sp³-hybridized carbons (Fsp3) is 0. The molecule has 0 aromatic carbocycles. The normalized spacial score (nSPS) is 0. The minimum atomic E-state index is 0. The molecule has 0 radical (unpaired) electrons. The predicted octanol–water partition coefficient (Wildman–Crippen LogP) is -4.95. The van der Waals surface area contributed by atoms with Crippen molar-refractivity contribution in [1.29, 1.82) is 0 Å². The van der Waals surface area contributed by atoms with Crippen LogP contribution in [-0.4, -0.2) is 32.9 Å². The van der Waals surface area contributed by atoms with Crippen LogP contribution in [0.4, 0.5) is 0 Å². The zero-order valence-corrected chi connectivity index (χ0v) is 5.89. The molecular weight excluding hydrogens is 286 g/mol. The molecule has 0 fully saturated rings. The van der Waals surface area contributed by atoms with E-state index in [2.05, 4.69) is 0 Å². The summed E-state index contributed by atoms with van der Waals surface area (Å²) in [5, 5.41) is 0. The second-order valence-electron chi connectivity index (χ2n) is 0. The van der Waals surface area contributed by atoms with Crippen molar-refractivity contribution in [3.63, 3.8) is 0 Å². The third-order valence-electron chi connectivity index (χ3n) is 0. The van der Waals surface area contributed by atoms with Crippen molar-refractivity contribution in [2.75, 3.05) is 0 Å². The molecule has 7 heteroatoms. The van der Waals surface area contributed by atoms with Crippen molar-refractivity contribution < 1.29 is 52.6 Å². The molecule has 6 nitrogen and oxygen atoms in total. The first-order valence-corrected chi connectivity index (χ1v) is 0. The van der Waals surface area contributed by atoms with Crippen LogP contribution in [0.5, 0.6) is 0 Å². The van der Waals surface area contributed by atoms with Gasteiger partial charge in [0.05, 0.1) is 0 Å². The SMILES string of the molecule is O.O.O.O.O.O.[Os]. The summed E-state index contributed by atoms with van der Waals surface area (Å²) in [6.07, 6.45) is 0. The second-order valence-corrected chi connectivity index (χ2v) is 0. The van der Waals surface area contributed by atoms with Crippen molar-refractivity contribution in [3.8, 4) is 0 Å². The molecule has 0 saturated carbocycles. The van der Waals surface area contributed by atoms with E-state index in [1.54, 1.807) is 0 Å². The Bertz CT molecular complexity index is 4.14. The molecule has 0 rings (SSSR count). The molecule has 0 aromatic rings. The van der Waals surface area contributed by atoms with E-state index in [0.717, 1.165) is 0 Å². The molecule has 0 aromatic heterocycles. The van der Waals surface area contributed by atoms with Crippen LogP contribution in [0.25, 0.3) is 0 Å². The average Bonchev–Trinajstić information content (AvgIpc) is 0. The summed E-state index contributed by atoms with van der Waals surface area (Å²) in [6, 6.07) is 0. The van der Waals surface area contributed by atoms with Crippen LogP contribution in [0.2, 0.25) is 0 Å². The zero-order valence-electron chi connectivity index (χ0n) is 3.35. The van der Waals surface area contributed by atoms with E-state index < -0.39 is 0 Å². The summed E-state index contributed by atoms with van der Waals surface area (Å²) in [6.45, 7) is 0. The monoisotopic (exact) mass is 300 g/mol. The van der Waals surface area contributed by atoms with E-state index in [1.165, 1.54) is 0 Å². The maximum Gasteiger partial charge on any atom is 0 e. The zero-order chi connectivity index (χ0) is 0. The van der Waals surface area contributed by atoms with E-state index in [-0.39, 0.29) is 52.6 Å². The third-order valence-corrected chi connectivity index (χ3v) is 0. The van der Waals surface area contributed by atoms with Crippen LogP contribution in [0, 0.1) is 0 Å². The van der Waals surface area contributed by atoms with Crippen molar-refractivity contribution in [2.24, 2.45) is 0 Å². The van der Waals surface area contributed by atoms with Crippen molar-refractivity contribution in [3.05, 3.63) is 0 Å². The molecule has 0 spiro atoms. The Morgan fingerprint density at radius 2 is 0.286 bits per heavy atom.